The van der Waals surface area contributed by atoms with Gasteiger partial charge in [-0.3, -0.25) is 14.8 Å². The molecule has 0 unspecified atom stereocenters. The van der Waals surface area contributed by atoms with Crippen LogP contribution in [0.1, 0.15) is 40.0 Å². The molecule has 0 bridgehead atoms. The highest BCUT2D eigenvalue weighted by Gasteiger charge is 2.13. The number of anilines is 2. The number of rotatable bonds is 7. The normalized spacial score (nSPS) is 11.6. The number of ether oxygens (including phenoxy) is 1. The number of amides is 1. The third kappa shape index (κ3) is 5.38. The Hall–Kier alpha value is -4.26. The average Bonchev–Trinajstić information content (AvgIpc) is 2.84. The Balaban J connectivity index is 1.48. The number of nitrogens with zero attached hydrogens (tertiary/aromatic N) is 3. The Bertz CT molecular complexity index is 1320. The smallest absolute Gasteiger partial charge is 0.257 e. The first-order valence-corrected chi connectivity index (χ1v) is 11.0. The number of pyridine rings is 1. The first kappa shape index (κ1) is 22.9. The zero-order valence-electron chi connectivity index (χ0n) is 19.4. The van der Waals surface area contributed by atoms with E-state index in [-0.39, 0.29) is 11.8 Å². The predicted molar refractivity (Wildman–Crippen MR) is 134 cm³/mol. The third-order valence-corrected chi connectivity index (χ3v) is 5.58. The number of hydrogen-bond donors (Lipinski definition) is 2. The largest absolute Gasteiger partial charge is 0.495 e. The molecule has 0 spiro atoms. The summed E-state index contributed by atoms with van der Waals surface area (Å²) in [6, 6.07) is 15.3. The summed E-state index contributed by atoms with van der Waals surface area (Å²) in [5, 5.41) is 2.96. The molecule has 172 valence electrons. The molecule has 1 amide bonds. The van der Waals surface area contributed by atoms with E-state index in [1.165, 1.54) is 0 Å². The minimum atomic E-state index is -0.182. The van der Waals surface area contributed by atoms with E-state index in [4.69, 9.17) is 15.5 Å². The molecule has 4 aromatic rings. The summed E-state index contributed by atoms with van der Waals surface area (Å²) in [5.41, 5.74) is 12.3. The molecule has 0 saturated carbocycles. The summed E-state index contributed by atoms with van der Waals surface area (Å²) in [6.07, 6.45) is 7.50. The van der Waals surface area contributed by atoms with Gasteiger partial charge in [-0.25, -0.2) is 4.98 Å². The van der Waals surface area contributed by atoms with Gasteiger partial charge < -0.3 is 15.8 Å². The Kier molecular flexibility index (Phi) is 6.82. The molecule has 2 aromatic heterocycles. The van der Waals surface area contributed by atoms with Crippen LogP contribution in [-0.4, -0.2) is 28.0 Å². The quantitative estimate of drug-likeness (QED) is 0.380. The third-order valence-electron chi connectivity index (χ3n) is 5.58. The number of aromatic nitrogens is 3. The van der Waals surface area contributed by atoms with Crippen LogP contribution >= 0.6 is 0 Å². The maximum Gasteiger partial charge on any atom is 0.257 e. The van der Waals surface area contributed by atoms with Crippen molar-refractivity contribution in [3.8, 4) is 17.0 Å². The molecule has 0 aliphatic carbocycles. The van der Waals surface area contributed by atoms with Gasteiger partial charge in [-0.1, -0.05) is 25.1 Å². The van der Waals surface area contributed by atoms with Crippen LogP contribution < -0.4 is 15.8 Å². The maximum atomic E-state index is 12.6. The SMILES string of the molecule is COc1cc(-c2cncc(C[C@@H](C)c3cccc(NC(=O)c4cncc(C)c4)c3)n2)ccc1N. The highest BCUT2D eigenvalue weighted by Crippen LogP contribution is 2.28. The lowest BCUT2D eigenvalue weighted by Gasteiger charge is -2.14. The second-order valence-corrected chi connectivity index (χ2v) is 8.29. The first-order chi connectivity index (χ1) is 16.4. The zero-order chi connectivity index (χ0) is 24.1. The monoisotopic (exact) mass is 453 g/mol. The van der Waals surface area contributed by atoms with Gasteiger partial charge >= 0.3 is 0 Å². The number of benzene rings is 2. The van der Waals surface area contributed by atoms with E-state index in [2.05, 4.69) is 28.3 Å². The lowest BCUT2D eigenvalue weighted by molar-refractivity contribution is 0.102. The van der Waals surface area contributed by atoms with E-state index in [9.17, 15) is 4.79 Å². The molecule has 34 heavy (non-hydrogen) atoms. The number of carbonyl (C=O) groups excluding carboxylic acids is 1. The molecule has 7 heteroatoms. The number of nitrogen functional groups attached to an aromatic ring is 1. The van der Waals surface area contributed by atoms with Crippen molar-refractivity contribution in [3.63, 3.8) is 0 Å². The van der Waals surface area contributed by atoms with E-state index < -0.39 is 0 Å². The molecule has 0 aliphatic rings. The van der Waals surface area contributed by atoms with E-state index in [1.807, 2.05) is 43.3 Å². The second-order valence-electron chi connectivity index (χ2n) is 8.29. The van der Waals surface area contributed by atoms with Crippen LogP contribution in [0.5, 0.6) is 5.75 Å². The van der Waals surface area contributed by atoms with Crippen LogP contribution in [0, 0.1) is 6.92 Å². The van der Waals surface area contributed by atoms with Gasteiger partial charge in [0, 0.05) is 29.8 Å². The summed E-state index contributed by atoms with van der Waals surface area (Å²) >= 11 is 0. The Labute approximate surface area is 199 Å². The molecule has 7 nitrogen and oxygen atoms in total. The summed E-state index contributed by atoms with van der Waals surface area (Å²) in [6.45, 7) is 4.04. The van der Waals surface area contributed by atoms with Crippen LogP contribution in [0.25, 0.3) is 11.3 Å². The second kappa shape index (κ2) is 10.1. The van der Waals surface area contributed by atoms with Gasteiger partial charge in [0.05, 0.1) is 35.9 Å². The molecular formula is C27H27N5O2. The Morgan fingerprint density at radius 2 is 1.88 bits per heavy atom. The van der Waals surface area contributed by atoms with Crippen LogP contribution in [0.4, 0.5) is 11.4 Å². The fourth-order valence-electron chi connectivity index (χ4n) is 3.75. The molecule has 2 aromatic carbocycles. The maximum absolute atomic E-state index is 12.6. The molecule has 3 N–H and O–H groups in total. The standard InChI is InChI=1S/C27H27N5O2/c1-17-9-21(14-29-13-17)27(33)32-22-6-4-5-19(11-22)18(2)10-23-15-30-16-25(31-23)20-7-8-24(28)26(12-20)34-3/h4-9,11-16,18H,10,28H2,1-3H3,(H,32,33)/t18-/m1/s1. The predicted octanol–water partition coefficient (Wildman–Crippen LogP) is 5.04. The van der Waals surface area contributed by atoms with Crippen LogP contribution in [0.2, 0.25) is 0 Å². The summed E-state index contributed by atoms with van der Waals surface area (Å²) < 4.78 is 5.33. The number of hydrogen-bond acceptors (Lipinski definition) is 6. The first-order valence-electron chi connectivity index (χ1n) is 11.0. The number of nitrogens with one attached hydrogen (secondary N) is 1. The van der Waals surface area contributed by atoms with E-state index in [1.54, 1.807) is 38.0 Å². The molecule has 1 atom stereocenters. The molecule has 4 rings (SSSR count). The average molecular weight is 454 g/mol. The van der Waals surface area contributed by atoms with Crippen molar-refractivity contribution in [1.82, 2.24) is 15.0 Å². The van der Waals surface area contributed by atoms with Crippen molar-refractivity contribution in [3.05, 3.63) is 95.7 Å². The topological polar surface area (TPSA) is 103 Å². The van der Waals surface area contributed by atoms with Gasteiger partial charge in [0.1, 0.15) is 5.75 Å². The lowest BCUT2D eigenvalue weighted by Crippen LogP contribution is -2.12. The van der Waals surface area contributed by atoms with Crippen molar-refractivity contribution < 1.29 is 9.53 Å². The zero-order valence-corrected chi connectivity index (χ0v) is 19.4. The van der Waals surface area contributed by atoms with Crippen molar-refractivity contribution >= 4 is 17.3 Å². The molecule has 0 aliphatic heterocycles. The number of methoxy groups -OCH3 is 1. The minimum Gasteiger partial charge on any atom is -0.495 e. The summed E-state index contributed by atoms with van der Waals surface area (Å²) in [5.74, 6) is 0.597. The number of carbonyl (C=O) groups is 1. The minimum absolute atomic E-state index is 0.169. The van der Waals surface area contributed by atoms with Gasteiger partial charge in [-0.2, -0.15) is 0 Å². The van der Waals surface area contributed by atoms with Crippen molar-refractivity contribution in [2.24, 2.45) is 0 Å². The number of aryl methyl sites for hydroxylation is 1. The van der Waals surface area contributed by atoms with Gasteiger partial charge in [0.15, 0.2) is 0 Å². The van der Waals surface area contributed by atoms with Crippen molar-refractivity contribution in [1.29, 1.82) is 0 Å². The van der Waals surface area contributed by atoms with Crippen molar-refractivity contribution in [2.75, 3.05) is 18.2 Å². The van der Waals surface area contributed by atoms with Gasteiger partial charge in [-0.05, 0) is 60.7 Å². The Morgan fingerprint density at radius 1 is 1.06 bits per heavy atom. The molecule has 0 fully saturated rings. The number of nitrogens with two attached hydrogens (primary N) is 1. The molecule has 2 heterocycles. The fourth-order valence-corrected chi connectivity index (χ4v) is 3.75. The van der Waals surface area contributed by atoms with Crippen LogP contribution in [-0.2, 0) is 6.42 Å². The molecular weight excluding hydrogens is 426 g/mol. The van der Waals surface area contributed by atoms with Gasteiger partial charge in [-0.15, -0.1) is 0 Å². The van der Waals surface area contributed by atoms with Crippen LogP contribution in [0.3, 0.4) is 0 Å². The van der Waals surface area contributed by atoms with E-state index in [0.717, 1.165) is 33.8 Å². The highest BCUT2D eigenvalue weighted by atomic mass is 16.5. The van der Waals surface area contributed by atoms with Crippen LogP contribution in [0.15, 0.2) is 73.3 Å². The van der Waals surface area contributed by atoms with E-state index in [0.29, 0.717) is 23.4 Å². The van der Waals surface area contributed by atoms with E-state index >= 15 is 0 Å². The molecule has 0 saturated heterocycles. The Morgan fingerprint density at radius 3 is 2.68 bits per heavy atom. The summed E-state index contributed by atoms with van der Waals surface area (Å²) in [4.78, 5) is 25.9. The highest BCUT2D eigenvalue weighted by molar-refractivity contribution is 6.04. The summed E-state index contributed by atoms with van der Waals surface area (Å²) in [7, 11) is 1.59. The van der Waals surface area contributed by atoms with Gasteiger partial charge in [0.25, 0.3) is 5.91 Å². The lowest BCUT2D eigenvalue weighted by atomic mass is 9.95. The molecule has 0 radical (unpaired) electrons. The van der Waals surface area contributed by atoms with Crippen molar-refractivity contribution in [2.45, 2.75) is 26.2 Å². The van der Waals surface area contributed by atoms with Gasteiger partial charge in [0.2, 0.25) is 0 Å². The fraction of sp³-hybridized carbons (Fsp3) is 0.185.